The standard InChI is InChI=1S/C14H22N2O3/c1-17-9-8-15-6-7-16-10-12-11-18-13-4-2-3-5-14(13)19-12/h2-5,12,15-16H,6-11H2,1H3. The number of para-hydroxylation sites is 2. The van der Waals surface area contributed by atoms with Gasteiger partial charge in [0.2, 0.25) is 0 Å². The first-order chi connectivity index (χ1) is 9.40. The lowest BCUT2D eigenvalue weighted by molar-refractivity contribution is 0.0906. The predicted molar refractivity (Wildman–Crippen MR) is 74.0 cm³/mol. The number of ether oxygens (including phenoxy) is 3. The van der Waals surface area contributed by atoms with Gasteiger partial charge in [0.25, 0.3) is 0 Å². The lowest BCUT2D eigenvalue weighted by Crippen LogP contribution is -2.40. The summed E-state index contributed by atoms with van der Waals surface area (Å²) in [4.78, 5) is 0. The molecule has 0 amide bonds. The molecule has 19 heavy (non-hydrogen) atoms. The maximum Gasteiger partial charge on any atom is 0.161 e. The van der Waals surface area contributed by atoms with Gasteiger partial charge in [-0.15, -0.1) is 0 Å². The molecule has 0 aliphatic carbocycles. The smallest absolute Gasteiger partial charge is 0.161 e. The first kappa shape index (κ1) is 14.1. The second-order valence-corrected chi connectivity index (χ2v) is 4.44. The zero-order valence-electron chi connectivity index (χ0n) is 11.4. The summed E-state index contributed by atoms with van der Waals surface area (Å²) in [5.41, 5.74) is 0. The molecule has 2 N–H and O–H groups in total. The fourth-order valence-electron chi connectivity index (χ4n) is 1.90. The SMILES string of the molecule is COCCNCCNCC1COc2ccccc2O1. The molecule has 1 aromatic rings. The molecule has 2 rings (SSSR count). The Hall–Kier alpha value is -1.30. The Balaban J connectivity index is 1.58. The van der Waals surface area contributed by atoms with Gasteiger partial charge in [0.15, 0.2) is 11.5 Å². The van der Waals surface area contributed by atoms with E-state index in [1.165, 1.54) is 0 Å². The van der Waals surface area contributed by atoms with E-state index in [0.717, 1.165) is 44.3 Å². The fourth-order valence-corrected chi connectivity index (χ4v) is 1.90. The van der Waals surface area contributed by atoms with E-state index in [-0.39, 0.29) is 6.10 Å². The Morgan fingerprint density at radius 1 is 1.16 bits per heavy atom. The molecular formula is C14H22N2O3. The summed E-state index contributed by atoms with van der Waals surface area (Å²) in [7, 11) is 1.71. The zero-order valence-corrected chi connectivity index (χ0v) is 11.4. The average Bonchev–Trinajstić information content (AvgIpc) is 2.46. The van der Waals surface area contributed by atoms with Crippen LogP contribution in [0.5, 0.6) is 11.5 Å². The molecule has 1 aromatic carbocycles. The normalized spacial score (nSPS) is 17.4. The van der Waals surface area contributed by atoms with Crippen molar-refractivity contribution in [3.63, 3.8) is 0 Å². The van der Waals surface area contributed by atoms with Crippen LogP contribution in [0, 0.1) is 0 Å². The van der Waals surface area contributed by atoms with Gasteiger partial charge in [-0.2, -0.15) is 0 Å². The van der Waals surface area contributed by atoms with E-state index in [0.29, 0.717) is 6.61 Å². The first-order valence-corrected chi connectivity index (χ1v) is 6.69. The minimum Gasteiger partial charge on any atom is -0.486 e. The van der Waals surface area contributed by atoms with Gasteiger partial charge in [-0.25, -0.2) is 0 Å². The molecule has 0 fully saturated rings. The molecule has 0 saturated carbocycles. The van der Waals surface area contributed by atoms with E-state index in [2.05, 4.69) is 10.6 Å². The Bertz CT molecular complexity index is 373. The second kappa shape index (κ2) is 7.99. The van der Waals surface area contributed by atoms with Crippen LogP contribution < -0.4 is 20.1 Å². The van der Waals surface area contributed by atoms with E-state index in [1.807, 2.05) is 24.3 Å². The summed E-state index contributed by atoms with van der Waals surface area (Å²) in [5.74, 6) is 1.67. The summed E-state index contributed by atoms with van der Waals surface area (Å²) >= 11 is 0. The lowest BCUT2D eigenvalue weighted by atomic mass is 10.2. The summed E-state index contributed by atoms with van der Waals surface area (Å²) in [6.07, 6.45) is 0.0777. The summed E-state index contributed by atoms with van der Waals surface area (Å²) in [6.45, 7) is 4.85. The molecule has 1 atom stereocenters. The van der Waals surface area contributed by atoms with Crippen LogP contribution in [0.2, 0.25) is 0 Å². The minimum absolute atomic E-state index is 0.0777. The van der Waals surface area contributed by atoms with Crippen molar-refractivity contribution in [3.05, 3.63) is 24.3 Å². The zero-order chi connectivity index (χ0) is 13.3. The lowest BCUT2D eigenvalue weighted by Gasteiger charge is -2.26. The number of fused-ring (bicyclic) bond motifs is 1. The van der Waals surface area contributed by atoms with Gasteiger partial charge < -0.3 is 24.8 Å². The van der Waals surface area contributed by atoms with E-state index in [9.17, 15) is 0 Å². The molecule has 1 aliphatic rings. The van der Waals surface area contributed by atoms with Crippen molar-refractivity contribution >= 4 is 0 Å². The van der Waals surface area contributed by atoms with E-state index in [4.69, 9.17) is 14.2 Å². The number of benzene rings is 1. The second-order valence-electron chi connectivity index (χ2n) is 4.44. The molecule has 0 aromatic heterocycles. The molecule has 0 saturated heterocycles. The van der Waals surface area contributed by atoms with E-state index < -0.39 is 0 Å². The molecule has 0 bridgehead atoms. The highest BCUT2D eigenvalue weighted by molar-refractivity contribution is 5.40. The van der Waals surface area contributed by atoms with Crippen molar-refractivity contribution < 1.29 is 14.2 Å². The van der Waals surface area contributed by atoms with Gasteiger partial charge in [0.05, 0.1) is 6.61 Å². The fraction of sp³-hybridized carbons (Fsp3) is 0.571. The van der Waals surface area contributed by atoms with Crippen molar-refractivity contribution in [1.82, 2.24) is 10.6 Å². The number of rotatable bonds is 8. The highest BCUT2D eigenvalue weighted by atomic mass is 16.6. The quantitative estimate of drug-likeness (QED) is 0.677. The largest absolute Gasteiger partial charge is 0.486 e. The maximum absolute atomic E-state index is 5.85. The van der Waals surface area contributed by atoms with Crippen LogP contribution in [0.3, 0.4) is 0 Å². The van der Waals surface area contributed by atoms with Gasteiger partial charge in [0.1, 0.15) is 12.7 Å². The summed E-state index contributed by atoms with van der Waals surface area (Å²) < 4.78 is 16.5. The van der Waals surface area contributed by atoms with Gasteiger partial charge in [-0.1, -0.05) is 12.1 Å². The molecular weight excluding hydrogens is 244 g/mol. The van der Waals surface area contributed by atoms with Crippen LogP contribution in [0.15, 0.2) is 24.3 Å². The van der Waals surface area contributed by atoms with Crippen molar-refractivity contribution in [3.8, 4) is 11.5 Å². The van der Waals surface area contributed by atoms with Crippen molar-refractivity contribution in [2.45, 2.75) is 6.10 Å². The third-order valence-corrected chi connectivity index (χ3v) is 2.90. The molecule has 1 aliphatic heterocycles. The number of methoxy groups -OCH3 is 1. The molecule has 0 radical (unpaired) electrons. The van der Waals surface area contributed by atoms with Gasteiger partial charge in [0, 0.05) is 33.3 Å². The highest BCUT2D eigenvalue weighted by Crippen LogP contribution is 2.30. The van der Waals surface area contributed by atoms with Crippen LogP contribution in [0.25, 0.3) is 0 Å². The van der Waals surface area contributed by atoms with Gasteiger partial charge in [-0.05, 0) is 12.1 Å². The van der Waals surface area contributed by atoms with Crippen molar-refractivity contribution in [2.24, 2.45) is 0 Å². The Labute approximate surface area is 114 Å². The molecule has 106 valence electrons. The van der Waals surface area contributed by atoms with Gasteiger partial charge >= 0.3 is 0 Å². The molecule has 5 heteroatoms. The number of hydrogen-bond acceptors (Lipinski definition) is 5. The van der Waals surface area contributed by atoms with Crippen LogP contribution in [-0.2, 0) is 4.74 Å². The summed E-state index contributed by atoms with van der Waals surface area (Å²) in [5, 5.41) is 6.63. The average molecular weight is 266 g/mol. The van der Waals surface area contributed by atoms with Crippen molar-refractivity contribution in [1.29, 1.82) is 0 Å². The first-order valence-electron chi connectivity index (χ1n) is 6.69. The monoisotopic (exact) mass is 266 g/mol. The van der Waals surface area contributed by atoms with E-state index >= 15 is 0 Å². The third-order valence-electron chi connectivity index (χ3n) is 2.90. The minimum atomic E-state index is 0.0777. The Morgan fingerprint density at radius 3 is 2.79 bits per heavy atom. The molecule has 0 spiro atoms. The van der Waals surface area contributed by atoms with Crippen LogP contribution in [-0.4, -0.2) is 52.6 Å². The number of hydrogen-bond donors (Lipinski definition) is 2. The van der Waals surface area contributed by atoms with Crippen molar-refractivity contribution in [2.75, 3.05) is 46.5 Å². The molecule has 1 unspecified atom stereocenters. The molecule has 1 heterocycles. The highest BCUT2D eigenvalue weighted by Gasteiger charge is 2.19. The Morgan fingerprint density at radius 2 is 1.95 bits per heavy atom. The van der Waals surface area contributed by atoms with Gasteiger partial charge in [-0.3, -0.25) is 0 Å². The van der Waals surface area contributed by atoms with Crippen LogP contribution >= 0.6 is 0 Å². The number of nitrogens with one attached hydrogen (secondary N) is 2. The predicted octanol–water partition coefficient (Wildman–Crippen LogP) is 0.652. The topological polar surface area (TPSA) is 51.8 Å². The summed E-state index contributed by atoms with van der Waals surface area (Å²) in [6, 6.07) is 7.77. The third kappa shape index (κ3) is 4.70. The molecule has 5 nitrogen and oxygen atoms in total. The maximum atomic E-state index is 5.85. The van der Waals surface area contributed by atoms with Crippen LogP contribution in [0.4, 0.5) is 0 Å². The van der Waals surface area contributed by atoms with E-state index in [1.54, 1.807) is 7.11 Å². The van der Waals surface area contributed by atoms with Crippen LogP contribution in [0.1, 0.15) is 0 Å². The Kier molecular flexibility index (Phi) is 5.94.